The van der Waals surface area contributed by atoms with Crippen LogP contribution in [-0.4, -0.2) is 29.9 Å². The van der Waals surface area contributed by atoms with E-state index in [0.717, 1.165) is 6.42 Å². The number of nitrogens with zero attached hydrogens (tertiary/aromatic N) is 2. The van der Waals surface area contributed by atoms with Gasteiger partial charge in [0.05, 0.1) is 23.9 Å². The zero-order valence-electron chi connectivity index (χ0n) is 16.2. The van der Waals surface area contributed by atoms with Gasteiger partial charge in [0.25, 0.3) is 0 Å². The summed E-state index contributed by atoms with van der Waals surface area (Å²) in [7, 11) is 0. The smallest absolute Gasteiger partial charge is 0.414 e. The fraction of sp³-hybridized carbons (Fsp3) is 0.261. The van der Waals surface area contributed by atoms with E-state index in [-0.39, 0.29) is 12.4 Å². The molecular weight excluding hydrogens is 371 g/mol. The molecule has 1 amide bonds. The van der Waals surface area contributed by atoms with Crippen LogP contribution < -0.4 is 0 Å². The average Bonchev–Trinajstić information content (AvgIpc) is 3.16. The number of unbranched alkanes of at least 4 members (excludes halogenated alkanes) is 1. The van der Waals surface area contributed by atoms with E-state index in [2.05, 4.69) is 6.07 Å². The minimum Gasteiger partial charge on any atom is -0.447 e. The van der Waals surface area contributed by atoms with Gasteiger partial charge in [0.15, 0.2) is 5.78 Å². The maximum absolute atomic E-state index is 13.5. The second kappa shape index (κ2) is 9.16. The van der Waals surface area contributed by atoms with Gasteiger partial charge >= 0.3 is 6.09 Å². The van der Waals surface area contributed by atoms with Gasteiger partial charge in [-0.05, 0) is 41.8 Å². The van der Waals surface area contributed by atoms with Crippen molar-refractivity contribution in [1.82, 2.24) is 4.90 Å². The standard InChI is InChI=1S/C23H21FN2O3/c1-2-3-4-20(27)21(17-9-11-19(24)12-10-17)22(26-13-14-29-23(26)28)18-7-5-16(15-25)6-8-18/h5-12H,2-4,13-14H2,1H3/b22-21+. The van der Waals surface area contributed by atoms with Crippen LogP contribution in [-0.2, 0) is 9.53 Å². The lowest BCUT2D eigenvalue weighted by atomic mass is 9.92. The number of nitriles is 1. The fourth-order valence-electron chi connectivity index (χ4n) is 3.24. The monoisotopic (exact) mass is 392 g/mol. The number of benzene rings is 2. The van der Waals surface area contributed by atoms with Gasteiger partial charge in [-0.25, -0.2) is 9.18 Å². The number of amides is 1. The summed E-state index contributed by atoms with van der Waals surface area (Å²) in [6.07, 6.45) is 1.33. The Morgan fingerprint density at radius 3 is 2.34 bits per heavy atom. The van der Waals surface area contributed by atoms with Gasteiger partial charge in [0.1, 0.15) is 12.4 Å². The third-order valence-electron chi connectivity index (χ3n) is 4.72. The molecule has 1 heterocycles. The first-order valence-electron chi connectivity index (χ1n) is 9.53. The van der Waals surface area contributed by atoms with E-state index in [4.69, 9.17) is 10.00 Å². The average molecular weight is 392 g/mol. The summed E-state index contributed by atoms with van der Waals surface area (Å²) in [6, 6.07) is 14.4. The van der Waals surface area contributed by atoms with Gasteiger partial charge in [0.2, 0.25) is 0 Å². The van der Waals surface area contributed by atoms with Gasteiger partial charge in [-0.3, -0.25) is 9.69 Å². The van der Waals surface area contributed by atoms with Crippen molar-refractivity contribution in [1.29, 1.82) is 5.26 Å². The highest BCUT2D eigenvalue weighted by atomic mass is 19.1. The number of cyclic esters (lactones) is 1. The van der Waals surface area contributed by atoms with E-state index in [1.54, 1.807) is 36.4 Å². The van der Waals surface area contributed by atoms with Crippen LogP contribution >= 0.6 is 0 Å². The van der Waals surface area contributed by atoms with Crippen molar-refractivity contribution in [3.63, 3.8) is 0 Å². The lowest BCUT2D eigenvalue weighted by Gasteiger charge is -2.22. The Morgan fingerprint density at radius 1 is 1.14 bits per heavy atom. The van der Waals surface area contributed by atoms with Crippen molar-refractivity contribution in [2.24, 2.45) is 0 Å². The van der Waals surface area contributed by atoms with Crippen molar-refractivity contribution in [2.75, 3.05) is 13.2 Å². The molecule has 148 valence electrons. The molecule has 3 rings (SSSR count). The summed E-state index contributed by atoms with van der Waals surface area (Å²) < 4.78 is 18.6. The first-order chi connectivity index (χ1) is 14.0. The van der Waals surface area contributed by atoms with Crippen LogP contribution in [0.2, 0.25) is 0 Å². The molecule has 0 unspecified atom stereocenters. The number of ether oxygens (including phenoxy) is 1. The van der Waals surface area contributed by atoms with Gasteiger partial charge < -0.3 is 4.74 Å². The van der Waals surface area contributed by atoms with E-state index < -0.39 is 11.9 Å². The van der Waals surface area contributed by atoms with Crippen LogP contribution in [0.5, 0.6) is 0 Å². The summed E-state index contributed by atoms with van der Waals surface area (Å²) in [6.45, 7) is 2.52. The molecule has 0 aromatic heterocycles. The van der Waals surface area contributed by atoms with E-state index in [9.17, 15) is 14.0 Å². The lowest BCUT2D eigenvalue weighted by Crippen LogP contribution is -2.25. The topological polar surface area (TPSA) is 70.4 Å². The Bertz CT molecular complexity index is 973. The van der Waals surface area contributed by atoms with Crippen LogP contribution in [0, 0.1) is 17.1 Å². The molecule has 0 N–H and O–H groups in total. The quantitative estimate of drug-likeness (QED) is 0.502. The molecular formula is C23H21FN2O3. The van der Waals surface area contributed by atoms with E-state index in [0.29, 0.717) is 47.3 Å². The Hall–Kier alpha value is -3.46. The third-order valence-corrected chi connectivity index (χ3v) is 4.72. The maximum Gasteiger partial charge on any atom is 0.414 e. The molecule has 0 saturated carbocycles. The highest BCUT2D eigenvalue weighted by Crippen LogP contribution is 2.33. The van der Waals surface area contributed by atoms with Crippen LogP contribution in [0.4, 0.5) is 9.18 Å². The highest BCUT2D eigenvalue weighted by Gasteiger charge is 2.31. The summed E-state index contributed by atoms with van der Waals surface area (Å²) in [5, 5.41) is 9.08. The number of allylic oxidation sites excluding steroid dienone is 1. The normalized spacial score (nSPS) is 14.2. The van der Waals surface area contributed by atoms with Crippen molar-refractivity contribution < 1.29 is 18.7 Å². The number of carbonyl (C=O) groups is 2. The van der Waals surface area contributed by atoms with Gasteiger partial charge in [-0.2, -0.15) is 5.26 Å². The van der Waals surface area contributed by atoms with E-state index in [1.165, 1.54) is 17.0 Å². The zero-order chi connectivity index (χ0) is 20.8. The molecule has 0 radical (unpaired) electrons. The van der Waals surface area contributed by atoms with E-state index in [1.807, 2.05) is 6.92 Å². The lowest BCUT2D eigenvalue weighted by molar-refractivity contribution is -0.113. The number of rotatable bonds is 7. The second-order valence-electron chi connectivity index (χ2n) is 6.71. The molecule has 0 aliphatic carbocycles. The zero-order valence-corrected chi connectivity index (χ0v) is 16.2. The molecule has 1 saturated heterocycles. The van der Waals surface area contributed by atoms with Crippen molar-refractivity contribution >= 4 is 23.1 Å². The first-order valence-corrected chi connectivity index (χ1v) is 9.53. The number of hydrogen-bond donors (Lipinski definition) is 0. The first kappa shape index (κ1) is 20.3. The van der Waals surface area contributed by atoms with Crippen LogP contribution in [0.15, 0.2) is 48.5 Å². The van der Waals surface area contributed by atoms with Gasteiger partial charge in [-0.15, -0.1) is 0 Å². The molecule has 6 heteroatoms. The maximum atomic E-state index is 13.5. The van der Waals surface area contributed by atoms with Gasteiger partial charge in [-0.1, -0.05) is 37.6 Å². The molecule has 0 atom stereocenters. The third kappa shape index (κ3) is 4.52. The van der Waals surface area contributed by atoms with Crippen LogP contribution in [0.1, 0.15) is 42.9 Å². The highest BCUT2D eigenvalue weighted by molar-refractivity contribution is 6.28. The molecule has 0 bridgehead atoms. The fourth-order valence-corrected chi connectivity index (χ4v) is 3.24. The Morgan fingerprint density at radius 2 is 1.79 bits per heavy atom. The largest absolute Gasteiger partial charge is 0.447 e. The number of ketones is 1. The number of hydrogen-bond acceptors (Lipinski definition) is 4. The molecule has 1 aliphatic rings. The van der Waals surface area contributed by atoms with Gasteiger partial charge in [0, 0.05) is 12.0 Å². The van der Waals surface area contributed by atoms with Crippen molar-refractivity contribution in [2.45, 2.75) is 26.2 Å². The Kier molecular flexibility index (Phi) is 6.40. The number of halogens is 1. The summed E-state index contributed by atoms with van der Waals surface area (Å²) >= 11 is 0. The van der Waals surface area contributed by atoms with Crippen LogP contribution in [0.25, 0.3) is 11.3 Å². The van der Waals surface area contributed by atoms with Crippen molar-refractivity contribution in [3.8, 4) is 6.07 Å². The Balaban J connectivity index is 2.24. The molecule has 2 aromatic carbocycles. The summed E-state index contributed by atoms with van der Waals surface area (Å²) in [4.78, 5) is 27.0. The number of Topliss-reactive ketones (excluding diaryl/α,β-unsaturated/α-hetero) is 1. The molecule has 5 nitrogen and oxygen atoms in total. The predicted octanol–water partition coefficient (Wildman–Crippen LogP) is 4.78. The summed E-state index contributed by atoms with van der Waals surface area (Å²) in [5.74, 6) is -0.535. The van der Waals surface area contributed by atoms with Crippen molar-refractivity contribution in [3.05, 3.63) is 71.0 Å². The second-order valence-corrected chi connectivity index (χ2v) is 6.71. The molecule has 1 aliphatic heterocycles. The molecule has 1 fully saturated rings. The summed E-state index contributed by atoms with van der Waals surface area (Å²) in [5.41, 5.74) is 2.39. The van der Waals surface area contributed by atoms with E-state index >= 15 is 0 Å². The SMILES string of the molecule is CCCCC(=O)/C(=C(\c1ccc(C#N)cc1)N1CCOC1=O)c1ccc(F)cc1. The Labute approximate surface area is 169 Å². The predicted molar refractivity (Wildman–Crippen MR) is 107 cm³/mol. The van der Waals surface area contributed by atoms with Crippen LogP contribution in [0.3, 0.4) is 0 Å². The minimum atomic E-state index is -0.535. The molecule has 29 heavy (non-hydrogen) atoms. The minimum absolute atomic E-state index is 0.127. The molecule has 2 aromatic rings. The number of carbonyl (C=O) groups excluding carboxylic acids is 2. The molecule has 0 spiro atoms.